The minimum absolute atomic E-state index is 0.233. The number of hydrogen-bond acceptors (Lipinski definition) is 4. The highest BCUT2D eigenvalue weighted by atomic mass is 32.1. The number of methoxy groups -OCH3 is 1. The number of amides is 2. The molecule has 4 aromatic rings. The van der Waals surface area contributed by atoms with E-state index in [0.717, 1.165) is 36.5 Å². The number of thiophene rings is 1. The van der Waals surface area contributed by atoms with Gasteiger partial charge in [-0.3, -0.25) is 0 Å². The molecule has 8 heteroatoms. The van der Waals surface area contributed by atoms with Crippen molar-refractivity contribution in [3.8, 4) is 10.8 Å². The zero-order valence-corrected chi connectivity index (χ0v) is 21.0. The number of aromatic nitrogens is 1. The van der Waals surface area contributed by atoms with E-state index in [-0.39, 0.29) is 17.9 Å². The van der Waals surface area contributed by atoms with Crippen molar-refractivity contribution in [2.24, 2.45) is 0 Å². The number of halogens is 1. The van der Waals surface area contributed by atoms with Crippen molar-refractivity contribution in [1.29, 1.82) is 0 Å². The van der Waals surface area contributed by atoms with Crippen LogP contribution in [0.5, 0.6) is 5.75 Å². The molecule has 0 saturated heterocycles. The van der Waals surface area contributed by atoms with Gasteiger partial charge >= 0.3 is 6.03 Å². The third-order valence-corrected chi connectivity index (χ3v) is 8.28. The van der Waals surface area contributed by atoms with Crippen LogP contribution in [0.1, 0.15) is 33.3 Å². The normalized spacial score (nSPS) is 17.1. The number of nitrogens with zero attached hydrogens (tertiary/aromatic N) is 3. The number of fused-ring (bicyclic) bond motifs is 5. The fourth-order valence-electron chi connectivity index (χ4n) is 5.24. The van der Waals surface area contributed by atoms with E-state index in [1.165, 1.54) is 33.1 Å². The average molecular weight is 503 g/mol. The number of nitrogens with one attached hydrogen (secondary N) is 1. The number of urea groups is 1. The maximum atomic E-state index is 13.9. The first kappa shape index (κ1) is 22.8. The van der Waals surface area contributed by atoms with E-state index in [1.807, 2.05) is 46.6 Å². The van der Waals surface area contributed by atoms with Crippen LogP contribution in [0, 0.1) is 5.82 Å². The lowest BCUT2D eigenvalue weighted by Crippen LogP contribution is -2.38. The summed E-state index contributed by atoms with van der Waals surface area (Å²) >= 11 is 1.82. The molecule has 6 nitrogen and oxygen atoms in total. The second-order valence-corrected chi connectivity index (χ2v) is 10.4. The molecule has 2 aliphatic rings. The van der Waals surface area contributed by atoms with Crippen LogP contribution >= 0.6 is 11.3 Å². The molecule has 184 valence electrons. The van der Waals surface area contributed by atoms with E-state index in [9.17, 15) is 9.18 Å². The van der Waals surface area contributed by atoms with Gasteiger partial charge in [-0.15, -0.1) is 11.3 Å². The Balaban J connectivity index is 1.49. The van der Waals surface area contributed by atoms with Gasteiger partial charge in [0.15, 0.2) is 0 Å². The second-order valence-electron chi connectivity index (χ2n) is 9.32. The molecule has 4 heterocycles. The number of likely N-dealkylation sites (N-methyl/N-ethyl adjacent to an activating group) is 1. The molecule has 0 bridgehead atoms. The highest BCUT2D eigenvalue weighted by Gasteiger charge is 2.36. The first-order valence-electron chi connectivity index (χ1n) is 12.0. The number of hydrogen-bond donors (Lipinski definition) is 1. The Kier molecular flexibility index (Phi) is 5.78. The molecular formula is C28H27FN4O2S. The van der Waals surface area contributed by atoms with Gasteiger partial charge < -0.3 is 24.4 Å². The van der Waals surface area contributed by atoms with Gasteiger partial charge in [0.1, 0.15) is 16.6 Å². The first-order valence-corrected chi connectivity index (χ1v) is 12.8. The summed E-state index contributed by atoms with van der Waals surface area (Å²) in [6.45, 7) is 2.39. The Morgan fingerprint density at radius 2 is 1.92 bits per heavy atom. The van der Waals surface area contributed by atoms with Crippen LogP contribution in [-0.4, -0.2) is 41.1 Å². The average Bonchev–Trinajstić information content (AvgIpc) is 3.46. The van der Waals surface area contributed by atoms with Crippen molar-refractivity contribution < 1.29 is 13.9 Å². The van der Waals surface area contributed by atoms with E-state index >= 15 is 0 Å². The summed E-state index contributed by atoms with van der Waals surface area (Å²) in [4.78, 5) is 19.5. The highest BCUT2D eigenvalue weighted by Crippen LogP contribution is 2.44. The zero-order valence-electron chi connectivity index (χ0n) is 20.2. The Morgan fingerprint density at radius 3 is 2.72 bits per heavy atom. The lowest BCUT2D eigenvalue weighted by Gasteiger charge is -2.32. The fraction of sp³-hybridized carbons (Fsp3) is 0.250. The minimum atomic E-state index is -0.339. The third-order valence-electron chi connectivity index (χ3n) is 7.02. The molecule has 2 aliphatic heterocycles. The van der Waals surface area contributed by atoms with Gasteiger partial charge in [0, 0.05) is 35.4 Å². The molecule has 0 unspecified atom stereocenters. The number of rotatable bonds is 3. The van der Waals surface area contributed by atoms with Gasteiger partial charge in [0.2, 0.25) is 0 Å². The highest BCUT2D eigenvalue weighted by molar-refractivity contribution is 7.15. The summed E-state index contributed by atoms with van der Waals surface area (Å²) in [5, 5.41) is 4.18. The standard InChI is InChI=1S/C28H27FN4O2S/c1-31-14-12-22-23-16-33(28(34)30-20-10-8-19(29)9-11-20)26(18-5-3-6-21(15-18)35-2)24-7-4-13-32(24)27(23)36-25(22)17-31/h3-11,13,15,26H,12,14,16-17H2,1-2H3,(H,30,34)/t26-/m1/s1. The SMILES string of the molecule is COc1cccc([C@@H]2c3cccn3-c3sc4c(c3CN2C(=O)Nc2ccc(F)cc2)CCN(C)C4)c1. The Labute approximate surface area is 213 Å². The van der Waals surface area contributed by atoms with Crippen molar-refractivity contribution in [1.82, 2.24) is 14.4 Å². The largest absolute Gasteiger partial charge is 0.497 e. The molecule has 6 rings (SSSR count). The van der Waals surface area contributed by atoms with Gasteiger partial charge in [-0.1, -0.05) is 12.1 Å². The summed E-state index contributed by atoms with van der Waals surface area (Å²) in [5.74, 6) is 0.401. The first-order chi connectivity index (χ1) is 17.5. The van der Waals surface area contributed by atoms with Gasteiger partial charge in [-0.2, -0.15) is 0 Å². The minimum Gasteiger partial charge on any atom is -0.497 e. The van der Waals surface area contributed by atoms with E-state index in [1.54, 1.807) is 19.2 Å². The third kappa shape index (κ3) is 3.96. The zero-order chi connectivity index (χ0) is 24.8. The Morgan fingerprint density at radius 1 is 1.08 bits per heavy atom. The Bertz CT molecular complexity index is 1430. The van der Waals surface area contributed by atoms with Gasteiger partial charge in [0.25, 0.3) is 0 Å². The van der Waals surface area contributed by atoms with E-state index < -0.39 is 0 Å². The van der Waals surface area contributed by atoms with Crippen molar-refractivity contribution >= 4 is 23.1 Å². The maximum Gasteiger partial charge on any atom is 0.322 e. The number of benzene rings is 2. The molecule has 2 aromatic heterocycles. The molecule has 0 spiro atoms. The molecule has 0 aliphatic carbocycles. The smallest absolute Gasteiger partial charge is 0.322 e. The molecular weight excluding hydrogens is 475 g/mol. The number of carbonyl (C=O) groups is 1. The van der Waals surface area contributed by atoms with Crippen molar-refractivity contribution in [3.63, 3.8) is 0 Å². The predicted molar refractivity (Wildman–Crippen MR) is 139 cm³/mol. The number of carbonyl (C=O) groups excluding carboxylic acids is 1. The molecule has 2 amide bonds. The molecule has 2 aromatic carbocycles. The second kappa shape index (κ2) is 9.11. The number of anilines is 1. The van der Waals surface area contributed by atoms with Crippen LogP contribution in [-0.2, 0) is 19.5 Å². The summed E-state index contributed by atoms with van der Waals surface area (Å²) in [6.07, 6.45) is 3.06. The van der Waals surface area contributed by atoms with Crippen LogP contribution in [0.4, 0.5) is 14.9 Å². The molecule has 0 fully saturated rings. The maximum absolute atomic E-state index is 13.9. The summed E-state index contributed by atoms with van der Waals surface area (Å²) in [7, 11) is 3.80. The molecule has 1 atom stereocenters. The van der Waals surface area contributed by atoms with E-state index in [0.29, 0.717) is 12.2 Å². The van der Waals surface area contributed by atoms with Crippen molar-refractivity contribution in [2.75, 3.05) is 26.0 Å². The van der Waals surface area contributed by atoms with E-state index in [2.05, 4.69) is 34.1 Å². The molecule has 1 N–H and O–H groups in total. The summed E-state index contributed by atoms with van der Waals surface area (Å²) in [5.41, 5.74) is 5.11. The van der Waals surface area contributed by atoms with Crippen LogP contribution in [0.2, 0.25) is 0 Å². The van der Waals surface area contributed by atoms with E-state index in [4.69, 9.17) is 4.74 Å². The molecule has 36 heavy (non-hydrogen) atoms. The number of ether oxygens (including phenoxy) is 1. The lowest BCUT2D eigenvalue weighted by molar-refractivity contribution is 0.194. The van der Waals surface area contributed by atoms with Crippen LogP contribution in [0.15, 0.2) is 66.9 Å². The fourth-order valence-corrected chi connectivity index (χ4v) is 6.69. The lowest BCUT2D eigenvalue weighted by atomic mass is 10.00. The molecule has 0 radical (unpaired) electrons. The molecule has 0 saturated carbocycles. The monoisotopic (exact) mass is 502 g/mol. The van der Waals surface area contributed by atoms with Crippen molar-refractivity contribution in [2.45, 2.75) is 25.6 Å². The van der Waals surface area contributed by atoms with Crippen LogP contribution in [0.25, 0.3) is 5.00 Å². The summed E-state index contributed by atoms with van der Waals surface area (Å²) < 4.78 is 21.3. The van der Waals surface area contributed by atoms with Crippen molar-refractivity contribution in [3.05, 3.63) is 99.9 Å². The topological polar surface area (TPSA) is 49.7 Å². The quantitative estimate of drug-likeness (QED) is 0.385. The Hall–Kier alpha value is -3.62. The van der Waals surface area contributed by atoms with Crippen LogP contribution in [0.3, 0.4) is 0 Å². The predicted octanol–water partition coefficient (Wildman–Crippen LogP) is 5.81. The van der Waals surface area contributed by atoms with Gasteiger partial charge in [0.05, 0.1) is 25.4 Å². The van der Waals surface area contributed by atoms with Gasteiger partial charge in [-0.25, -0.2) is 9.18 Å². The van der Waals surface area contributed by atoms with Crippen LogP contribution < -0.4 is 10.1 Å². The summed E-state index contributed by atoms with van der Waals surface area (Å²) in [6, 6.07) is 17.3. The van der Waals surface area contributed by atoms with Gasteiger partial charge in [-0.05, 0) is 73.1 Å².